The third-order valence-corrected chi connectivity index (χ3v) is 7.70. The molecule has 0 aromatic rings. The molecule has 64 valence electrons. The van der Waals surface area contributed by atoms with Crippen LogP contribution in [-0.2, 0) is 0 Å². The number of hydrogen-bond acceptors (Lipinski definition) is 0. The summed E-state index contributed by atoms with van der Waals surface area (Å²) in [6, 6.07) is 0. The minimum atomic E-state index is 0.0931. The predicted octanol–water partition coefficient (Wildman–Crippen LogP) is 3.66. The van der Waals surface area contributed by atoms with E-state index < -0.39 is 0 Å². The van der Waals surface area contributed by atoms with E-state index in [0.29, 0.717) is 0 Å². The molecule has 0 nitrogen and oxygen atoms in total. The third-order valence-electron chi connectivity index (χ3n) is 2.57. The molecule has 0 aromatic heterocycles. The van der Waals surface area contributed by atoms with Crippen LogP contribution in [0.2, 0.25) is 8.37 Å². The minimum absolute atomic E-state index is 0.0931. The molecule has 1 fully saturated rings. The molecule has 1 aliphatic rings. The van der Waals surface area contributed by atoms with Crippen LogP contribution in [-0.4, -0.2) is 21.1 Å². The van der Waals surface area contributed by atoms with E-state index >= 15 is 0 Å². The van der Waals surface area contributed by atoms with Crippen LogP contribution in [0, 0.1) is 0 Å². The average Bonchev–Trinajstić information content (AvgIpc) is 2.07. The van der Waals surface area contributed by atoms with Crippen molar-refractivity contribution < 1.29 is 0 Å². The summed E-state index contributed by atoms with van der Waals surface area (Å²) in [6.45, 7) is 2.32. The molecule has 2 radical (unpaired) electrons. The molecule has 0 spiro atoms. The van der Waals surface area contributed by atoms with E-state index in [1.165, 1.54) is 23.2 Å². The average molecular weight is 259 g/mol. The van der Waals surface area contributed by atoms with E-state index in [1.54, 1.807) is 30.1 Å². The van der Waals surface area contributed by atoms with Crippen molar-refractivity contribution in [2.75, 3.05) is 0 Å². The van der Waals surface area contributed by atoms with Crippen LogP contribution in [0.4, 0.5) is 0 Å². The van der Waals surface area contributed by atoms with Crippen LogP contribution in [0.3, 0.4) is 0 Å². The first-order valence-electron chi connectivity index (χ1n) is 5.17. The Hall–Kier alpha value is 0.799. The molecule has 1 aliphatic carbocycles. The Kier molecular flexibility index (Phi) is 5.69. The number of rotatable bonds is 4. The summed E-state index contributed by atoms with van der Waals surface area (Å²) in [5.74, 6) is 0. The summed E-state index contributed by atoms with van der Waals surface area (Å²) >= 11 is 0.0931. The van der Waals surface area contributed by atoms with Gasteiger partial charge in [0.15, 0.2) is 0 Å². The molecule has 0 bridgehead atoms. The first kappa shape index (κ1) is 9.88. The molecular weight excluding hydrogens is 239 g/mol. The second-order valence-corrected chi connectivity index (χ2v) is 8.57. The quantitative estimate of drug-likeness (QED) is 0.533. The molecule has 0 amide bonds. The van der Waals surface area contributed by atoms with Gasteiger partial charge in [0, 0.05) is 0 Å². The topological polar surface area (TPSA) is 0 Å². The molecule has 0 aromatic carbocycles. The van der Waals surface area contributed by atoms with E-state index in [-0.39, 0.29) is 21.1 Å². The van der Waals surface area contributed by atoms with Crippen LogP contribution < -0.4 is 0 Å². The Morgan fingerprint density at radius 2 is 1.91 bits per heavy atom. The Labute approximate surface area is 81.4 Å². The van der Waals surface area contributed by atoms with Gasteiger partial charge in [0.05, 0.1) is 0 Å². The van der Waals surface area contributed by atoms with Gasteiger partial charge in [-0.15, -0.1) is 0 Å². The summed E-state index contributed by atoms with van der Waals surface area (Å²) in [7, 11) is 0. The summed E-state index contributed by atoms with van der Waals surface area (Å²) in [4.78, 5) is 0. The van der Waals surface area contributed by atoms with Crippen LogP contribution in [0.5, 0.6) is 0 Å². The van der Waals surface area contributed by atoms with Crippen molar-refractivity contribution in [3.63, 3.8) is 0 Å². The number of hydrogen-bond donors (Lipinski definition) is 0. The molecule has 0 unspecified atom stereocenters. The summed E-state index contributed by atoms with van der Waals surface area (Å²) in [5.41, 5.74) is 0. The zero-order valence-corrected chi connectivity index (χ0v) is 10.6. The van der Waals surface area contributed by atoms with Crippen molar-refractivity contribution in [1.29, 1.82) is 0 Å². The van der Waals surface area contributed by atoms with E-state index in [2.05, 4.69) is 6.92 Å². The Morgan fingerprint density at radius 3 is 2.55 bits per heavy atom. The van der Waals surface area contributed by atoms with Gasteiger partial charge in [-0.25, -0.2) is 0 Å². The second-order valence-electron chi connectivity index (χ2n) is 3.64. The van der Waals surface area contributed by atoms with Crippen LogP contribution in [0.25, 0.3) is 0 Å². The zero-order valence-electron chi connectivity index (χ0n) is 7.73. The SMILES string of the molecule is CCC[CH2][Sn][CH]1CCCCC1. The Bertz CT molecular complexity index is 84.9. The van der Waals surface area contributed by atoms with Crippen molar-refractivity contribution in [2.24, 2.45) is 0 Å². The molecule has 11 heavy (non-hydrogen) atoms. The maximum absolute atomic E-state index is 2.32. The van der Waals surface area contributed by atoms with Gasteiger partial charge in [-0.2, -0.15) is 0 Å². The summed E-state index contributed by atoms with van der Waals surface area (Å²) in [6.07, 6.45) is 10.8. The fourth-order valence-electron chi connectivity index (χ4n) is 1.79. The van der Waals surface area contributed by atoms with Crippen molar-refractivity contribution in [3.05, 3.63) is 0 Å². The predicted molar refractivity (Wildman–Crippen MR) is 52.3 cm³/mol. The fraction of sp³-hybridized carbons (Fsp3) is 1.00. The molecule has 1 rings (SSSR count). The van der Waals surface area contributed by atoms with E-state index in [9.17, 15) is 0 Å². The summed E-state index contributed by atoms with van der Waals surface area (Å²) < 4.78 is 2.93. The molecule has 0 atom stereocenters. The van der Waals surface area contributed by atoms with Gasteiger partial charge >= 0.3 is 81.4 Å². The van der Waals surface area contributed by atoms with Crippen LogP contribution >= 0.6 is 0 Å². The van der Waals surface area contributed by atoms with E-state index in [4.69, 9.17) is 0 Å². The van der Waals surface area contributed by atoms with Gasteiger partial charge in [0.25, 0.3) is 0 Å². The van der Waals surface area contributed by atoms with Crippen molar-refractivity contribution >= 4 is 21.1 Å². The molecule has 0 N–H and O–H groups in total. The Morgan fingerprint density at radius 1 is 1.18 bits per heavy atom. The van der Waals surface area contributed by atoms with Crippen molar-refractivity contribution in [1.82, 2.24) is 0 Å². The van der Waals surface area contributed by atoms with Gasteiger partial charge in [0.1, 0.15) is 0 Å². The van der Waals surface area contributed by atoms with Gasteiger partial charge in [0.2, 0.25) is 0 Å². The van der Waals surface area contributed by atoms with Gasteiger partial charge < -0.3 is 0 Å². The molecule has 0 aliphatic heterocycles. The third kappa shape index (κ3) is 4.39. The van der Waals surface area contributed by atoms with E-state index in [1.807, 2.05) is 0 Å². The van der Waals surface area contributed by atoms with Crippen molar-refractivity contribution in [3.8, 4) is 0 Å². The standard InChI is InChI=1S/C6H11.C4H9.Sn/c1-2-4-6-5-3-1;1-3-4-2;/h1H,2-6H2;1,3-4H2,2H3;. The maximum atomic E-state index is 2.32. The van der Waals surface area contributed by atoms with Gasteiger partial charge in [-0.3, -0.25) is 0 Å². The first-order chi connectivity index (χ1) is 5.43. The number of unbranched alkanes of at least 4 members (excludes halogenated alkanes) is 1. The first-order valence-corrected chi connectivity index (χ1v) is 8.83. The molecular formula is C10H20Sn. The molecule has 0 saturated heterocycles. The van der Waals surface area contributed by atoms with Gasteiger partial charge in [-0.05, 0) is 0 Å². The normalized spacial score (nSPS) is 20.5. The monoisotopic (exact) mass is 260 g/mol. The van der Waals surface area contributed by atoms with Gasteiger partial charge in [-0.1, -0.05) is 0 Å². The van der Waals surface area contributed by atoms with Crippen LogP contribution in [0.15, 0.2) is 0 Å². The molecule has 1 heteroatoms. The zero-order chi connectivity index (χ0) is 7.94. The van der Waals surface area contributed by atoms with Crippen molar-refractivity contribution in [2.45, 2.75) is 60.2 Å². The Balaban J connectivity index is 1.96. The second kappa shape index (κ2) is 6.33. The molecule has 1 saturated carbocycles. The summed E-state index contributed by atoms with van der Waals surface area (Å²) in [5, 5.41) is 0. The van der Waals surface area contributed by atoms with Crippen LogP contribution in [0.1, 0.15) is 51.9 Å². The van der Waals surface area contributed by atoms with E-state index in [0.717, 1.165) is 0 Å². The fourth-order valence-corrected chi connectivity index (χ4v) is 6.88. The molecule has 0 heterocycles.